The number of anilines is 1. The third-order valence-electron chi connectivity index (χ3n) is 1.76. The molecule has 0 fully saturated rings. The number of nitrogens with two attached hydrogens (primary N) is 1. The molecule has 0 unspecified atom stereocenters. The van der Waals surface area contributed by atoms with Gasteiger partial charge >= 0.3 is 6.18 Å². The Morgan fingerprint density at radius 1 is 1.41 bits per heavy atom. The second-order valence-corrected chi connectivity index (χ2v) is 4.84. The average molecular weight is 269 g/mol. The molecule has 0 radical (unpaired) electrons. The Kier molecular flexibility index (Phi) is 3.94. The van der Waals surface area contributed by atoms with E-state index < -0.39 is 34.2 Å². The fraction of sp³-hybridized carbons (Fsp3) is 0.375. The molecule has 0 atom stereocenters. The molecule has 0 saturated carbocycles. The second kappa shape index (κ2) is 4.88. The number of hydrogen-bond acceptors (Lipinski definition) is 4. The monoisotopic (exact) mass is 269 g/mol. The van der Waals surface area contributed by atoms with Crippen molar-refractivity contribution in [3.8, 4) is 0 Å². The molecule has 1 heterocycles. The number of aromatic nitrogens is 1. The Balaban J connectivity index is 2.74. The lowest BCUT2D eigenvalue weighted by molar-refractivity contribution is -0.132. The van der Waals surface area contributed by atoms with Crippen molar-refractivity contribution >= 4 is 15.7 Å². The van der Waals surface area contributed by atoms with E-state index in [9.17, 15) is 21.6 Å². The van der Waals surface area contributed by atoms with E-state index in [0.717, 1.165) is 0 Å². The van der Waals surface area contributed by atoms with Gasteiger partial charge in [0, 0.05) is 12.7 Å². The summed E-state index contributed by atoms with van der Waals surface area (Å²) in [5, 5.41) is -0.470. The van der Waals surface area contributed by atoms with E-state index in [1.54, 1.807) is 4.72 Å². The van der Waals surface area contributed by atoms with E-state index in [2.05, 4.69) is 4.98 Å². The smallest absolute Gasteiger partial charge is 0.390 e. The minimum atomic E-state index is -4.42. The van der Waals surface area contributed by atoms with Crippen molar-refractivity contribution in [3.63, 3.8) is 0 Å². The summed E-state index contributed by atoms with van der Waals surface area (Å²) in [6.07, 6.45) is -4.48. The van der Waals surface area contributed by atoms with Gasteiger partial charge in [0.25, 0.3) is 10.0 Å². The van der Waals surface area contributed by atoms with Gasteiger partial charge < -0.3 is 5.73 Å². The molecule has 1 aromatic heterocycles. The molecule has 0 saturated heterocycles. The van der Waals surface area contributed by atoms with Gasteiger partial charge in [0.2, 0.25) is 0 Å². The number of sulfonamides is 1. The highest BCUT2D eigenvalue weighted by atomic mass is 32.2. The summed E-state index contributed by atoms with van der Waals surface area (Å²) in [6, 6.07) is 2.72. The van der Waals surface area contributed by atoms with Crippen molar-refractivity contribution in [2.24, 2.45) is 0 Å². The quantitative estimate of drug-likeness (QED) is 0.850. The number of alkyl halides is 3. The normalized spacial score (nSPS) is 12.6. The van der Waals surface area contributed by atoms with Crippen LogP contribution in [0.3, 0.4) is 0 Å². The first kappa shape index (κ1) is 13.7. The summed E-state index contributed by atoms with van der Waals surface area (Å²) in [6.45, 7) is -0.748. The van der Waals surface area contributed by atoms with Gasteiger partial charge in [-0.25, -0.2) is 18.1 Å². The first-order valence-electron chi connectivity index (χ1n) is 4.49. The fourth-order valence-electron chi connectivity index (χ4n) is 1.02. The number of halogens is 3. The standard InChI is InChI=1S/C8H10F3N3O2S/c9-8(10,11)3-5-14-17(15,16)7-6(12)2-1-4-13-7/h1-2,4,14H,3,5,12H2. The van der Waals surface area contributed by atoms with E-state index in [-0.39, 0.29) is 5.69 Å². The second-order valence-electron chi connectivity index (χ2n) is 3.16. The van der Waals surface area contributed by atoms with Gasteiger partial charge in [0.1, 0.15) is 0 Å². The molecule has 0 aliphatic heterocycles. The molecule has 1 aromatic rings. The average Bonchev–Trinajstić information content (AvgIpc) is 2.15. The highest BCUT2D eigenvalue weighted by Gasteiger charge is 2.28. The predicted molar refractivity (Wildman–Crippen MR) is 54.5 cm³/mol. The van der Waals surface area contributed by atoms with E-state index in [1.807, 2.05) is 0 Å². The summed E-state index contributed by atoms with van der Waals surface area (Å²) in [7, 11) is -4.10. The molecule has 0 bridgehead atoms. The van der Waals surface area contributed by atoms with Crippen molar-refractivity contribution in [1.29, 1.82) is 0 Å². The summed E-state index contributed by atoms with van der Waals surface area (Å²) >= 11 is 0. The van der Waals surface area contributed by atoms with E-state index in [0.29, 0.717) is 0 Å². The number of rotatable bonds is 4. The summed E-state index contributed by atoms with van der Waals surface area (Å²) in [5.41, 5.74) is 5.24. The van der Waals surface area contributed by atoms with Gasteiger partial charge in [-0.15, -0.1) is 0 Å². The zero-order chi connectivity index (χ0) is 13.1. The van der Waals surface area contributed by atoms with Crippen molar-refractivity contribution in [3.05, 3.63) is 18.3 Å². The molecule has 3 N–H and O–H groups in total. The van der Waals surface area contributed by atoms with Gasteiger partial charge in [-0.05, 0) is 12.1 Å². The van der Waals surface area contributed by atoms with Crippen molar-refractivity contribution in [2.75, 3.05) is 12.3 Å². The van der Waals surface area contributed by atoms with Crippen molar-refractivity contribution < 1.29 is 21.6 Å². The lowest BCUT2D eigenvalue weighted by atomic mass is 10.4. The lowest BCUT2D eigenvalue weighted by Crippen LogP contribution is -2.29. The molecular weight excluding hydrogens is 259 g/mol. The number of hydrogen-bond donors (Lipinski definition) is 2. The van der Waals surface area contributed by atoms with Crippen LogP contribution in [0.5, 0.6) is 0 Å². The predicted octanol–water partition coefficient (Wildman–Crippen LogP) is 0.894. The Hall–Kier alpha value is -1.35. The molecule has 17 heavy (non-hydrogen) atoms. The minimum absolute atomic E-state index is 0.119. The molecule has 96 valence electrons. The van der Waals surface area contributed by atoms with Crippen LogP contribution in [-0.2, 0) is 10.0 Å². The van der Waals surface area contributed by atoms with E-state index in [4.69, 9.17) is 5.73 Å². The third-order valence-corrected chi connectivity index (χ3v) is 3.19. The largest absolute Gasteiger partial charge is 0.396 e. The number of nitrogens with zero attached hydrogens (tertiary/aromatic N) is 1. The van der Waals surface area contributed by atoms with Gasteiger partial charge in [-0.3, -0.25) is 0 Å². The number of nitrogen functional groups attached to an aromatic ring is 1. The van der Waals surface area contributed by atoms with Crippen molar-refractivity contribution in [1.82, 2.24) is 9.71 Å². The Bertz CT molecular complexity index is 487. The zero-order valence-electron chi connectivity index (χ0n) is 8.53. The Morgan fingerprint density at radius 2 is 2.06 bits per heavy atom. The molecule has 0 aromatic carbocycles. The molecule has 5 nitrogen and oxygen atoms in total. The maximum absolute atomic E-state index is 11.8. The molecule has 0 aliphatic rings. The van der Waals surface area contributed by atoms with Crippen LogP contribution in [0.25, 0.3) is 0 Å². The van der Waals surface area contributed by atoms with Crippen molar-refractivity contribution in [2.45, 2.75) is 17.6 Å². The zero-order valence-corrected chi connectivity index (χ0v) is 9.35. The number of pyridine rings is 1. The highest BCUT2D eigenvalue weighted by Crippen LogP contribution is 2.19. The molecule has 1 rings (SSSR count). The van der Waals surface area contributed by atoms with E-state index in [1.165, 1.54) is 18.3 Å². The van der Waals surface area contributed by atoms with Gasteiger partial charge in [-0.2, -0.15) is 13.2 Å². The minimum Gasteiger partial charge on any atom is -0.396 e. The summed E-state index contributed by atoms with van der Waals surface area (Å²) < 4.78 is 60.3. The van der Waals surface area contributed by atoms with Gasteiger partial charge in [0.15, 0.2) is 5.03 Å². The molecular formula is C8H10F3N3O2S. The molecule has 9 heteroatoms. The first-order valence-corrected chi connectivity index (χ1v) is 5.97. The van der Waals surface area contributed by atoms with Crippen LogP contribution in [0.4, 0.5) is 18.9 Å². The topological polar surface area (TPSA) is 85.1 Å². The fourth-order valence-corrected chi connectivity index (χ4v) is 2.11. The summed E-state index contributed by atoms with van der Waals surface area (Å²) in [5.74, 6) is 0. The maximum atomic E-state index is 11.8. The first-order chi connectivity index (χ1) is 7.72. The molecule has 0 amide bonds. The van der Waals surface area contributed by atoms with Crippen LogP contribution in [0, 0.1) is 0 Å². The van der Waals surface area contributed by atoms with E-state index >= 15 is 0 Å². The van der Waals surface area contributed by atoms with Crippen LogP contribution in [-0.4, -0.2) is 26.1 Å². The van der Waals surface area contributed by atoms with Crippen LogP contribution in [0.1, 0.15) is 6.42 Å². The van der Waals surface area contributed by atoms with Crippen LogP contribution in [0.15, 0.2) is 23.4 Å². The maximum Gasteiger partial charge on any atom is 0.390 e. The van der Waals surface area contributed by atoms with Gasteiger partial charge in [-0.1, -0.05) is 0 Å². The Labute approximate surface area is 95.9 Å². The molecule has 0 spiro atoms. The SMILES string of the molecule is Nc1cccnc1S(=O)(=O)NCCC(F)(F)F. The molecule has 0 aliphatic carbocycles. The lowest BCUT2D eigenvalue weighted by Gasteiger charge is -2.09. The summed E-state index contributed by atoms with van der Waals surface area (Å²) in [4.78, 5) is 3.51. The number of nitrogens with one attached hydrogen (secondary N) is 1. The highest BCUT2D eigenvalue weighted by molar-refractivity contribution is 7.89. The van der Waals surface area contributed by atoms with Crippen LogP contribution >= 0.6 is 0 Å². The van der Waals surface area contributed by atoms with Crippen LogP contribution < -0.4 is 10.5 Å². The Morgan fingerprint density at radius 3 is 2.59 bits per heavy atom. The third kappa shape index (κ3) is 4.19. The van der Waals surface area contributed by atoms with Crippen LogP contribution in [0.2, 0.25) is 0 Å². The van der Waals surface area contributed by atoms with Gasteiger partial charge in [0.05, 0.1) is 12.1 Å².